The van der Waals surface area contributed by atoms with Crippen molar-refractivity contribution in [1.29, 1.82) is 0 Å². The van der Waals surface area contributed by atoms with Gasteiger partial charge in [0.15, 0.2) is 5.65 Å². The number of piperidine rings is 1. The van der Waals surface area contributed by atoms with Gasteiger partial charge in [-0.25, -0.2) is 14.5 Å². The standard InChI is InChI=1S/C26H36BrN5O3Si/c1-30(26(33)35-18-20-8-6-5-7-9-20)21-10-12-31(13-11-21)22-16-23-24(27)29-32(25(23)28-17-22)19-34-14-15-36(2,3)4/h5-9,16-17,21H,10-15,18-19H2,1-4H3. The zero-order valence-electron chi connectivity index (χ0n) is 21.6. The molecule has 194 valence electrons. The van der Waals surface area contributed by atoms with Crippen LogP contribution in [-0.4, -0.2) is 66.6 Å². The fraction of sp³-hybridized carbons (Fsp3) is 0.500. The number of pyridine rings is 1. The molecule has 0 saturated carbocycles. The van der Waals surface area contributed by atoms with E-state index in [9.17, 15) is 4.79 Å². The quantitative estimate of drug-likeness (QED) is 0.240. The van der Waals surface area contributed by atoms with Crippen molar-refractivity contribution >= 4 is 46.8 Å². The Morgan fingerprint density at radius 2 is 1.92 bits per heavy atom. The molecule has 4 rings (SSSR count). The first-order chi connectivity index (χ1) is 17.2. The predicted molar refractivity (Wildman–Crippen MR) is 149 cm³/mol. The van der Waals surface area contributed by atoms with Gasteiger partial charge in [-0.3, -0.25) is 0 Å². The zero-order valence-corrected chi connectivity index (χ0v) is 24.2. The van der Waals surface area contributed by atoms with E-state index in [4.69, 9.17) is 14.5 Å². The first-order valence-electron chi connectivity index (χ1n) is 12.5. The maximum Gasteiger partial charge on any atom is 0.410 e. The van der Waals surface area contributed by atoms with E-state index in [-0.39, 0.29) is 12.1 Å². The topological polar surface area (TPSA) is 72.7 Å². The summed E-state index contributed by atoms with van der Waals surface area (Å²) in [5.41, 5.74) is 2.87. The van der Waals surface area contributed by atoms with Gasteiger partial charge in [0.1, 0.15) is 17.9 Å². The van der Waals surface area contributed by atoms with Gasteiger partial charge in [-0.05, 0) is 46.4 Å². The van der Waals surface area contributed by atoms with Gasteiger partial charge in [-0.2, -0.15) is 5.10 Å². The first-order valence-corrected chi connectivity index (χ1v) is 17.0. The molecule has 1 fully saturated rings. The van der Waals surface area contributed by atoms with E-state index < -0.39 is 8.07 Å². The molecule has 0 unspecified atom stereocenters. The summed E-state index contributed by atoms with van der Waals surface area (Å²) in [6.45, 7) is 10.2. The van der Waals surface area contributed by atoms with E-state index in [1.807, 2.05) is 48.3 Å². The second-order valence-electron chi connectivity index (χ2n) is 10.6. The molecule has 1 saturated heterocycles. The van der Waals surface area contributed by atoms with Gasteiger partial charge in [-0.1, -0.05) is 50.0 Å². The summed E-state index contributed by atoms with van der Waals surface area (Å²) in [7, 11) is 0.710. The maximum absolute atomic E-state index is 12.6. The SMILES string of the molecule is CN(C(=O)OCc1ccccc1)C1CCN(c2cnc3c(c2)c(Br)nn3COCC[Si](C)(C)C)CC1. The van der Waals surface area contributed by atoms with Crippen molar-refractivity contribution in [2.75, 3.05) is 31.6 Å². The summed E-state index contributed by atoms with van der Waals surface area (Å²) in [5.74, 6) is 0. The van der Waals surface area contributed by atoms with Crippen LogP contribution >= 0.6 is 15.9 Å². The Kier molecular flexibility index (Phi) is 8.69. The molecule has 1 aliphatic rings. The van der Waals surface area contributed by atoms with Crippen LogP contribution in [0.25, 0.3) is 11.0 Å². The van der Waals surface area contributed by atoms with Gasteiger partial charge < -0.3 is 19.3 Å². The molecule has 10 heteroatoms. The molecule has 8 nitrogen and oxygen atoms in total. The molecule has 0 spiro atoms. The second-order valence-corrected chi connectivity index (χ2v) is 16.9. The number of ether oxygens (including phenoxy) is 2. The van der Waals surface area contributed by atoms with Crippen molar-refractivity contribution in [2.24, 2.45) is 0 Å². The zero-order chi connectivity index (χ0) is 25.7. The highest BCUT2D eigenvalue weighted by atomic mass is 79.9. The number of benzene rings is 1. The van der Waals surface area contributed by atoms with Crippen molar-refractivity contribution in [3.8, 4) is 0 Å². The molecule has 3 aromatic rings. The smallest absolute Gasteiger partial charge is 0.410 e. The highest BCUT2D eigenvalue weighted by Gasteiger charge is 2.27. The molecular weight excluding hydrogens is 538 g/mol. The Morgan fingerprint density at radius 1 is 1.19 bits per heavy atom. The van der Waals surface area contributed by atoms with Gasteiger partial charge >= 0.3 is 6.09 Å². The lowest BCUT2D eigenvalue weighted by atomic mass is 10.0. The maximum atomic E-state index is 12.6. The highest BCUT2D eigenvalue weighted by Crippen LogP contribution is 2.28. The minimum absolute atomic E-state index is 0.156. The number of aromatic nitrogens is 3. The van der Waals surface area contributed by atoms with Crippen LogP contribution in [0.1, 0.15) is 18.4 Å². The lowest BCUT2D eigenvalue weighted by Gasteiger charge is -2.37. The molecular formula is C26H36BrN5O3Si. The third kappa shape index (κ3) is 6.86. The molecule has 0 bridgehead atoms. The van der Waals surface area contributed by atoms with Crippen LogP contribution in [0.5, 0.6) is 0 Å². The third-order valence-corrected chi connectivity index (χ3v) is 8.90. The Morgan fingerprint density at radius 3 is 2.61 bits per heavy atom. The van der Waals surface area contributed by atoms with Gasteiger partial charge in [0.05, 0.1) is 17.3 Å². The van der Waals surface area contributed by atoms with E-state index in [1.165, 1.54) is 0 Å². The fourth-order valence-electron chi connectivity index (χ4n) is 4.29. The normalized spacial score (nSPS) is 14.9. The minimum Gasteiger partial charge on any atom is -0.445 e. The van der Waals surface area contributed by atoms with E-state index in [1.54, 1.807) is 4.90 Å². The van der Waals surface area contributed by atoms with Crippen LogP contribution in [0.3, 0.4) is 0 Å². The third-order valence-electron chi connectivity index (χ3n) is 6.61. The van der Waals surface area contributed by atoms with Gasteiger partial charge in [0.2, 0.25) is 0 Å². The largest absolute Gasteiger partial charge is 0.445 e. The number of hydrogen-bond donors (Lipinski definition) is 0. The summed E-state index contributed by atoms with van der Waals surface area (Å²) in [6, 6.07) is 13.2. The van der Waals surface area contributed by atoms with Gasteiger partial charge in [0.25, 0.3) is 0 Å². The predicted octanol–water partition coefficient (Wildman–Crippen LogP) is 5.74. The first kappa shape index (κ1) is 26.6. The molecule has 0 atom stereocenters. The van der Waals surface area contributed by atoms with Crippen LogP contribution in [0.15, 0.2) is 47.2 Å². The molecule has 1 aliphatic heterocycles. The average molecular weight is 575 g/mol. The second kappa shape index (κ2) is 11.7. The van der Waals surface area contributed by atoms with E-state index in [0.29, 0.717) is 13.3 Å². The molecule has 1 amide bonds. The minimum atomic E-state index is -1.12. The molecule has 2 aromatic heterocycles. The van der Waals surface area contributed by atoms with Crippen LogP contribution in [-0.2, 0) is 22.8 Å². The Hall–Kier alpha value is -2.43. The Labute approximate surface area is 222 Å². The molecule has 0 radical (unpaired) electrons. The van der Waals surface area contributed by atoms with Crippen molar-refractivity contribution in [3.63, 3.8) is 0 Å². The van der Waals surface area contributed by atoms with Crippen molar-refractivity contribution in [2.45, 2.75) is 57.9 Å². The fourth-order valence-corrected chi connectivity index (χ4v) is 5.53. The number of fused-ring (bicyclic) bond motifs is 1. The van der Waals surface area contributed by atoms with Gasteiger partial charge in [0, 0.05) is 40.9 Å². The van der Waals surface area contributed by atoms with Crippen molar-refractivity contribution < 1.29 is 14.3 Å². The van der Waals surface area contributed by atoms with E-state index in [0.717, 1.165) is 65.5 Å². The molecule has 3 heterocycles. The number of carbonyl (C=O) groups excluding carboxylic acids is 1. The molecule has 0 N–H and O–H groups in total. The van der Waals surface area contributed by atoms with Crippen LogP contribution < -0.4 is 4.90 Å². The number of amides is 1. The Bertz CT molecular complexity index is 1160. The molecule has 1 aromatic carbocycles. The van der Waals surface area contributed by atoms with Crippen LogP contribution in [0.2, 0.25) is 25.7 Å². The summed E-state index contributed by atoms with van der Waals surface area (Å²) in [4.78, 5) is 21.3. The number of hydrogen-bond acceptors (Lipinski definition) is 6. The van der Waals surface area contributed by atoms with Crippen LogP contribution in [0.4, 0.5) is 10.5 Å². The summed E-state index contributed by atoms with van der Waals surface area (Å²) >= 11 is 3.60. The lowest BCUT2D eigenvalue weighted by Crippen LogP contribution is -2.45. The van der Waals surface area contributed by atoms with Crippen molar-refractivity contribution in [3.05, 3.63) is 52.8 Å². The molecule has 0 aliphatic carbocycles. The lowest BCUT2D eigenvalue weighted by molar-refractivity contribution is 0.0810. The van der Waals surface area contributed by atoms with E-state index in [2.05, 4.69) is 51.6 Å². The number of carbonyl (C=O) groups is 1. The summed E-state index contributed by atoms with van der Waals surface area (Å²) in [6.07, 6.45) is 3.39. The summed E-state index contributed by atoms with van der Waals surface area (Å²) < 4.78 is 14.0. The van der Waals surface area contributed by atoms with Gasteiger partial charge in [-0.15, -0.1) is 0 Å². The molecule has 36 heavy (non-hydrogen) atoms. The Balaban J connectivity index is 1.31. The summed E-state index contributed by atoms with van der Waals surface area (Å²) in [5, 5.41) is 5.56. The number of rotatable bonds is 9. The average Bonchev–Trinajstić information content (AvgIpc) is 3.19. The number of halogens is 1. The number of nitrogens with zero attached hydrogens (tertiary/aromatic N) is 5. The van der Waals surface area contributed by atoms with Crippen molar-refractivity contribution in [1.82, 2.24) is 19.7 Å². The monoisotopic (exact) mass is 573 g/mol. The van der Waals surface area contributed by atoms with Crippen LogP contribution in [0, 0.1) is 0 Å². The number of anilines is 1. The van der Waals surface area contributed by atoms with E-state index >= 15 is 0 Å². The highest BCUT2D eigenvalue weighted by molar-refractivity contribution is 9.10.